The molecular formula is C25H27BrN2O5S. The number of rotatable bonds is 9. The maximum atomic E-state index is 12.9. The van der Waals surface area contributed by atoms with E-state index in [4.69, 9.17) is 9.47 Å². The molecule has 0 radical (unpaired) electrons. The maximum absolute atomic E-state index is 12.9. The smallest absolute Gasteiger partial charge is 0.294 e. The summed E-state index contributed by atoms with van der Waals surface area (Å²) >= 11 is 4.31. The number of para-hydroxylation sites is 1. The van der Waals surface area contributed by atoms with Crippen LogP contribution in [0, 0.1) is 13.8 Å². The fourth-order valence-corrected chi connectivity index (χ4v) is 4.81. The van der Waals surface area contributed by atoms with Gasteiger partial charge in [-0.1, -0.05) is 25.1 Å². The highest BCUT2D eigenvalue weighted by atomic mass is 79.9. The van der Waals surface area contributed by atoms with Crippen molar-refractivity contribution in [3.63, 3.8) is 0 Å². The lowest BCUT2D eigenvalue weighted by Crippen LogP contribution is -2.36. The summed E-state index contributed by atoms with van der Waals surface area (Å²) in [5, 5.41) is 2.33. The third-order valence-corrected chi connectivity index (χ3v) is 6.50. The Morgan fingerprint density at radius 1 is 1.15 bits per heavy atom. The first kappa shape index (κ1) is 25.8. The molecular weight excluding hydrogens is 520 g/mol. The summed E-state index contributed by atoms with van der Waals surface area (Å²) in [6.07, 6.45) is 2.47. The maximum Gasteiger partial charge on any atom is 0.294 e. The van der Waals surface area contributed by atoms with Gasteiger partial charge in [0.1, 0.15) is 6.54 Å². The minimum atomic E-state index is -0.507. The van der Waals surface area contributed by atoms with E-state index >= 15 is 0 Å². The Morgan fingerprint density at radius 2 is 1.85 bits per heavy atom. The van der Waals surface area contributed by atoms with Crippen LogP contribution in [0.3, 0.4) is 0 Å². The van der Waals surface area contributed by atoms with Crippen LogP contribution in [0.15, 0.2) is 39.7 Å². The molecule has 3 rings (SSSR count). The number of hydrogen-bond acceptors (Lipinski definition) is 6. The van der Waals surface area contributed by atoms with E-state index in [9.17, 15) is 14.4 Å². The number of aryl methyl sites for hydroxylation is 2. The molecule has 0 spiro atoms. The molecule has 7 nitrogen and oxygen atoms in total. The number of benzene rings is 2. The zero-order chi connectivity index (χ0) is 24.8. The highest BCUT2D eigenvalue weighted by Crippen LogP contribution is 2.39. The molecule has 34 heavy (non-hydrogen) atoms. The Hall–Kier alpha value is -2.78. The SMILES string of the molecule is CCCOc1c(Br)cc(/C=C2\SC(=O)N(CC(=O)Nc3c(C)cccc3C)C2=O)cc1OCC. The average Bonchev–Trinajstić information content (AvgIpc) is 3.03. The number of amides is 3. The van der Waals surface area contributed by atoms with E-state index in [1.54, 1.807) is 18.2 Å². The zero-order valence-electron chi connectivity index (χ0n) is 19.6. The molecule has 1 heterocycles. The monoisotopic (exact) mass is 546 g/mol. The Balaban J connectivity index is 1.78. The molecule has 0 aliphatic carbocycles. The zero-order valence-corrected chi connectivity index (χ0v) is 22.0. The van der Waals surface area contributed by atoms with E-state index in [0.717, 1.165) is 34.2 Å². The molecule has 9 heteroatoms. The lowest BCUT2D eigenvalue weighted by molar-refractivity contribution is -0.127. The van der Waals surface area contributed by atoms with Crippen molar-refractivity contribution in [3.05, 3.63) is 56.4 Å². The van der Waals surface area contributed by atoms with E-state index in [-0.39, 0.29) is 11.4 Å². The molecule has 0 aromatic heterocycles. The first-order valence-corrected chi connectivity index (χ1v) is 12.6. The molecule has 0 saturated carbocycles. The molecule has 2 aromatic carbocycles. The number of thioether (sulfide) groups is 1. The Kier molecular flexibility index (Phi) is 8.79. The third-order valence-electron chi connectivity index (χ3n) is 5.00. The van der Waals surface area contributed by atoms with Gasteiger partial charge in [0.15, 0.2) is 11.5 Å². The Labute approximate surface area is 212 Å². The Morgan fingerprint density at radius 3 is 2.50 bits per heavy atom. The number of halogens is 1. The predicted molar refractivity (Wildman–Crippen MR) is 138 cm³/mol. The third kappa shape index (κ3) is 6.01. The van der Waals surface area contributed by atoms with Crippen molar-refractivity contribution in [2.24, 2.45) is 0 Å². The van der Waals surface area contributed by atoms with Gasteiger partial charge in [-0.3, -0.25) is 19.3 Å². The van der Waals surface area contributed by atoms with Crippen LogP contribution in [-0.4, -0.2) is 41.7 Å². The van der Waals surface area contributed by atoms with E-state index in [1.165, 1.54) is 0 Å². The standard InChI is InChI=1S/C25H27BrN2O5S/c1-5-10-33-23-18(26)11-17(12-19(23)32-6-2)13-20-24(30)28(25(31)34-20)14-21(29)27-22-15(3)8-7-9-16(22)4/h7-9,11-13H,5-6,10,14H2,1-4H3,(H,27,29)/b20-13-. The Bertz CT molecular complexity index is 1130. The largest absolute Gasteiger partial charge is 0.490 e. The predicted octanol–water partition coefficient (Wildman–Crippen LogP) is 5.93. The van der Waals surface area contributed by atoms with Gasteiger partial charge in [-0.2, -0.15) is 0 Å². The molecule has 1 aliphatic rings. The van der Waals surface area contributed by atoms with E-state index < -0.39 is 17.1 Å². The van der Waals surface area contributed by atoms with E-state index in [1.807, 2.05) is 45.9 Å². The number of imide groups is 1. The van der Waals surface area contributed by atoms with Crippen LogP contribution in [0.2, 0.25) is 0 Å². The van der Waals surface area contributed by atoms with Crippen molar-refractivity contribution in [2.75, 3.05) is 25.1 Å². The molecule has 0 unspecified atom stereocenters. The first-order valence-electron chi connectivity index (χ1n) is 11.0. The van der Waals surface area contributed by atoms with Crippen molar-refractivity contribution < 1.29 is 23.9 Å². The minimum absolute atomic E-state index is 0.237. The molecule has 1 fully saturated rings. The van der Waals surface area contributed by atoms with Gasteiger partial charge in [-0.15, -0.1) is 0 Å². The lowest BCUT2D eigenvalue weighted by Gasteiger charge is -2.15. The van der Waals surface area contributed by atoms with Crippen LogP contribution in [0.1, 0.15) is 37.0 Å². The number of nitrogens with one attached hydrogen (secondary N) is 1. The summed E-state index contributed by atoms with van der Waals surface area (Å²) in [5.74, 6) is 0.202. The quantitative estimate of drug-likeness (QED) is 0.392. The van der Waals surface area contributed by atoms with Gasteiger partial charge >= 0.3 is 0 Å². The van der Waals surface area contributed by atoms with Gasteiger partial charge < -0.3 is 14.8 Å². The second kappa shape index (κ2) is 11.6. The van der Waals surface area contributed by atoms with Crippen molar-refractivity contribution >= 4 is 56.5 Å². The molecule has 0 bridgehead atoms. The fraction of sp³-hybridized carbons (Fsp3) is 0.320. The van der Waals surface area contributed by atoms with E-state index in [0.29, 0.717) is 40.4 Å². The molecule has 2 aromatic rings. The van der Waals surface area contributed by atoms with Gasteiger partial charge in [0.05, 0.1) is 22.6 Å². The molecule has 3 amide bonds. The van der Waals surface area contributed by atoms with Crippen LogP contribution in [0.4, 0.5) is 10.5 Å². The second-order valence-corrected chi connectivity index (χ2v) is 9.54. The number of hydrogen-bond donors (Lipinski definition) is 1. The van der Waals surface area contributed by atoms with Crippen LogP contribution in [0.5, 0.6) is 11.5 Å². The number of ether oxygens (including phenoxy) is 2. The van der Waals surface area contributed by atoms with Crippen molar-refractivity contribution in [1.29, 1.82) is 0 Å². The summed E-state index contributed by atoms with van der Waals surface area (Å²) < 4.78 is 12.2. The van der Waals surface area contributed by atoms with Gasteiger partial charge in [0, 0.05) is 5.69 Å². The van der Waals surface area contributed by atoms with Gasteiger partial charge in [0.2, 0.25) is 5.91 Å². The van der Waals surface area contributed by atoms with E-state index in [2.05, 4.69) is 21.2 Å². The number of carbonyl (C=O) groups excluding carboxylic acids is 3. The first-order chi connectivity index (χ1) is 16.2. The van der Waals surface area contributed by atoms with Crippen molar-refractivity contribution in [2.45, 2.75) is 34.1 Å². The van der Waals surface area contributed by atoms with Crippen molar-refractivity contribution in [1.82, 2.24) is 4.90 Å². The van der Waals surface area contributed by atoms with Crippen molar-refractivity contribution in [3.8, 4) is 11.5 Å². The fourth-order valence-electron chi connectivity index (χ4n) is 3.40. The summed E-state index contributed by atoms with van der Waals surface area (Å²) in [7, 11) is 0. The highest BCUT2D eigenvalue weighted by molar-refractivity contribution is 9.10. The summed E-state index contributed by atoms with van der Waals surface area (Å²) in [5.41, 5.74) is 3.17. The number of anilines is 1. The molecule has 1 aliphatic heterocycles. The van der Waals surface area contributed by atoms with Gasteiger partial charge in [-0.25, -0.2) is 0 Å². The topological polar surface area (TPSA) is 84.9 Å². The highest BCUT2D eigenvalue weighted by Gasteiger charge is 2.36. The van der Waals surface area contributed by atoms with Crippen LogP contribution < -0.4 is 14.8 Å². The minimum Gasteiger partial charge on any atom is -0.490 e. The molecule has 1 saturated heterocycles. The second-order valence-electron chi connectivity index (χ2n) is 7.69. The molecule has 1 N–H and O–H groups in total. The number of nitrogens with zero attached hydrogens (tertiary/aromatic N) is 1. The molecule has 0 atom stereocenters. The summed E-state index contributed by atoms with van der Waals surface area (Å²) in [6, 6.07) is 9.24. The van der Waals surface area contributed by atoms with Gasteiger partial charge in [-0.05, 0) is 89.8 Å². The lowest BCUT2D eigenvalue weighted by atomic mass is 10.1. The molecule has 180 valence electrons. The number of carbonyl (C=O) groups is 3. The average molecular weight is 547 g/mol. The summed E-state index contributed by atoms with van der Waals surface area (Å²) in [4.78, 5) is 39.2. The summed E-state index contributed by atoms with van der Waals surface area (Å²) in [6.45, 7) is 8.30. The van der Waals surface area contributed by atoms with Crippen LogP contribution in [-0.2, 0) is 9.59 Å². The normalized spacial score (nSPS) is 14.6. The van der Waals surface area contributed by atoms with Gasteiger partial charge in [0.25, 0.3) is 11.1 Å². The van der Waals surface area contributed by atoms with Crippen LogP contribution in [0.25, 0.3) is 6.08 Å². The van der Waals surface area contributed by atoms with Crippen LogP contribution >= 0.6 is 27.7 Å².